The molecule has 5 nitrogen and oxygen atoms in total. The van der Waals surface area contributed by atoms with Gasteiger partial charge in [-0.3, -0.25) is 4.79 Å². The van der Waals surface area contributed by atoms with E-state index in [4.69, 9.17) is 25.5 Å². The first-order valence-electron chi connectivity index (χ1n) is 7.35. The number of benzene rings is 1. The lowest BCUT2D eigenvalue weighted by molar-refractivity contribution is 0.0775. The van der Waals surface area contributed by atoms with Gasteiger partial charge in [-0.2, -0.15) is 0 Å². The second-order valence-corrected chi connectivity index (χ2v) is 5.49. The maximum absolute atomic E-state index is 12.5. The Morgan fingerprint density at radius 1 is 1.39 bits per heavy atom. The van der Waals surface area contributed by atoms with E-state index in [-0.39, 0.29) is 5.91 Å². The minimum absolute atomic E-state index is 0.177. The number of rotatable bonds is 7. The summed E-state index contributed by atoms with van der Waals surface area (Å²) in [5.41, 5.74) is 0.435. The Morgan fingerprint density at radius 2 is 2.17 bits per heavy atom. The van der Waals surface area contributed by atoms with Gasteiger partial charge in [-0.15, -0.1) is 0 Å². The zero-order chi connectivity index (χ0) is 16.8. The second-order valence-electron chi connectivity index (χ2n) is 5.08. The molecule has 0 bridgehead atoms. The molecule has 0 atom stereocenters. The van der Waals surface area contributed by atoms with Crippen molar-refractivity contribution in [2.24, 2.45) is 0 Å². The lowest BCUT2D eigenvalue weighted by Crippen LogP contribution is -2.26. The summed E-state index contributed by atoms with van der Waals surface area (Å²) in [7, 11) is 3.22. The largest absolute Gasteiger partial charge is 0.493 e. The van der Waals surface area contributed by atoms with Gasteiger partial charge in [0.05, 0.1) is 31.5 Å². The Morgan fingerprint density at radius 3 is 2.78 bits per heavy atom. The third-order valence-corrected chi connectivity index (χ3v) is 3.53. The molecule has 0 aliphatic rings. The topological polar surface area (TPSA) is 51.9 Å². The number of carbonyl (C=O) groups excluding carboxylic acids is 1. The first-order valence-corrected chi connectivity index (χ1v) is 7.72. The van der Waals surface area contributed by atoms with Gasteiger partial charge in [-0.25, -0.2) is 0 Å². The Kier molecular flexibility index (Phi) is 5.93. The average Bonchev–Trinajstić information content (AvgIpc) is 3.05. The number of nitrogens with zero attached hydrogens (tertiary/aromatic N) is 1. The van der Waals surface area contributed by atoms with Crippen LogP contribution in [-0.4, -0.2) is 31.6 Å². The molecule has 124 valence electrons. The fraction of sp³-hybridized carbons (Fsp3) is 0.353. The summed E-state index contributed by atoms with van der Waals surface area (Å²) in [4.78, 5) is 14.1. The minimum Gasteiger partial charge on any atom is -0.493 e. The molecule has 0 spiro atoms. The molecular formula is C17H20ClNO4. The highest BCUT2D eigenvalue weighted by atomic mass is 35.5. The van der Waals surface area contributed by atoms with Gasteiger partial charge in [0.2, 0.25) is 0 Å². The van der Waals surface area contributed by atoms with Crippen LogP contribution in [0.2, 0.25) is 5.02 Å². The highest BCUT2D eigenvalue weighted by molar-refractivity contribution is 6.32. The zero-order valence-corrected chi connectivity index (χ0v) is 14.2. The van der Waals surface area contributed by atoms with Crippen molar-refractivity contribution < 1.29 is 18.7 Å². The van der Waals surface area contributed by atoms with Crippen LogP contribution < -0.4 is 9.47 Å². The standard InChI is InChI=1S/C17H20ClNO4/c1-4-7-23-16-14(18)9-12(10-15(16)21-3)17(20)19(2)11-13-6-5-8-22-13/h5-6,8-10H,4,7,11H2,1-3H3. The van der Waals surface area contributed by atoms with Gasteiger partial charge >= 0.3 is 0 Å². The van der Waals surface area contributed by atoms with Crippen LogP contribution in [0.3, 0.4) is 0 Å². The molecular weight excluding hydrogens is 318 g/mol. The molecule has 0 saturated carbocycles. The molecule has 1 amide bonds. The summed E-state index contributed by atoms with van der Waals surface area (Å²) in [5.74, 6) is 1.44. The Hall–Kier alpha value is -2.14. The molecule has 0 N–H and O–H groups in total. The number of furan rings is 1. The van der Waals surface area contributed by atoms with Crippen LogP contribution in [-0.2, 0) is 6.54 Å². The molecule has 0 radical (unpaired) electrons. The van der Waals surface area contributed by atoms with Gasteiger partial charge in [0.1, 0.15) is 5.76 Å². The Balaban J connectivity index is 2.21. The second kappa shape index (κ2) is 7.92. The van der Waals surface area contributed by atoms with Crippen molar-refractivity contribution in [2.75, 3.05) is 20.8 Å². The van der Waals surface area contributed by atoms with E-state index in [1.165, 1.54) is 7.11 Å². The highest BCUT2D eigenvalue weighted by Crippen LogP contribution is 2.36. The van der Waals surface area contributed by atoms with E-state index in [0.29, 0.717) is 41.0 Å². The average molecular weight is 338 g/mol. The van der Waals surface area contributed by atoms with Gasteiger partial charge in [0.15, 0.2) is 11.5 Å². The van der Waals surface area contributed by atoms with E-state index in [1.54, 1.807) is 36.4 Å². The van der Waals surface area contributed by atoms with Gasteiger partial charge < -0.3 is 18.8 Å². The Bertz CT molecular complexity index is 655. The number of carbonyl (C=O) groups is 1. The maximum atomic E-state index is 12.5. The first kappa shape index (κ1) is 17.2. The van der Waals surface area contributed by atoms with E-state index >= 15 is 0 Å². The van der Waals surface area contributed by atoms with Gasteiger partial charge in [0.25, 0.3) is 5.91 Å². The molecule has 1 aromatic heterocycles. The van der Waals surface area contributed by atoms with E-state index in [2.05, 4.69) is 0 Å². The van der Waals surface area contributed by atoms with Crippen LogP contribution in [0.1, 0.15) is 29.5 Å². The molecule has 0 aliphatic carbocycles. The van der Waals surface area contributed by atoms with Crippen LogP contribution in [0.5, 0.6) is 11.5 Å². The molecule has 2 rings (SSSR count). The fourth-order valence-electron chi connectivity index (χ4n) is 2.12. The smallest absolute Gasteiger partial charge is 0.254 e. The summed E-state index contributed by atoms with van der Waals surface area (Å²) in [6.45, 7) is 2.91. The van der Waals surface area contributed by atoms with Gasteiger partial charge in [-0.05, 0) is 30.7 Å². The van der Waals surface area contributed by atoms with Crippen molar-refractivity contribution in [3.8, 4) is 11.5 Å². The van der Waals surface area contributed by atoms with Crippen molar-refractivity contribution >= 4 is 17.5 Å². The van der Waals surface area contributed by atoms with Gasteiger partial charge in [0, 0.05) is 12.6 Å². The number of halogens is 1. The Labute approximate surface area is 140 Å². The van der Waals surface area contributed by atoms with Gasteiger partial charge in [-0.1, -0.05) is 18.5 Å². The lowest BCUT2D eigenvalue weighted by atomic mass is 10.1. The number of methoxy groups -OCH3 is 1. The number of hydrogen-bond acceptors (Lipinski definition) is 4. The van der Waals surface area contributed by atoms with Crippen LogP contribution in [0.4, 0.5) is 0 Å². The summed E-state index contributed by atoms with van der Waals surface area (Å²) in [6, 6.07) is 6.83. The predicted molar refractivity (Wildman–Crippen MR) is 88.3 cm³/mol. The summed E-state index contributed by atoms with van der Waals surface area (Å²) in [6.07, 6.45) is 2.43. The molecule has 0 unspecified atom stereocenters. The molecule has 1 heterocycles. The number of hydrogen-bond donors (Lipinski definition) is 0. The SMILES string of the molecule is CCCOc1c(Cl)cc(C(=O)N(C)Cc2ccco2)cc1OC. The lowest BCUT2D eigenvalue weighted by Gasteiger charge is -2.18. The molecule has 0 saturated heterocycles. The monoisotopic (exact) mass is 337 g/mol. The van der Waals surface area contributed by atoms with Crippen LogP contribution in [0.25, 0.3) is 0 Å². The highest BCUT2D eigenvalue weighted by Gasteiger charge is 2.19. The normalized spacial score (nSPS) is 10.4. The van der Waals surface area contributed by atoms with Crippen LogP contribution in [0, 0.1) is 0 Å². The van der Waals surface area contributed by atoms with Crippen LogP contribution in [0.15, 0.2) is 34.9 Å². The van der Waals surface area contributed by atoms with E-state index in [9.17, 15) is 4.79 Å². The molecule has 23 heavy (non-hydrogen) atoms. The molecule has 2 aromatic rings. The third kappa shape index (κ3) is 4.20. The summed E-state index contributed by atoms with van der Waals surface area (Å²) in [5, 5.41) is 0.354. The van der Waals surface area contributed by atoms with Crippen molar-refractivity contribution in [2.45, 2.75) is 19.9 Å². The zero-order valence-electron chi connectivity index (χ0n) is 13.5. The molecule has 6 heteroatoms. The molecule has 1 aromatic carbocycles. The maximum Gasteiger partial charge on any atom is 0.254 e. The number of ether oxygens (including phenoxy) is 2. The third-order valence-electron chi connectivity index (χ3n) is 3.25. The molecule has 0 fully saturated rings. The number of amides is 1. The predicted octanol–water partition coefficient (Wildman–Crippen LogP) is 4.00. The fourth-order valence-corrected chi connectivity index (χ4v) is 2.38. The van der Waals surface area contributed by atoms with E-state index < -0.39 is 0 Å². The summed E-state index contributed by atoms with van der Waals surface area (Å²) >= 11 is 6.25. The van der Waals surface area contributed by atoms with Crippen molar-refractivity contribution in [1.82, 2.24) is 4.90 Å². The summed E-state index contributed by atoms with van der Waals surface area (Å²) < 4.78 is 16.2. The van der Waals surface area contributed by atoms with E-state index in [0.717, 1.165) is 6.42 Å². The minimum atomic E-state index is -0.177. The first-order chi connectivity index (χ1) is 11.1. The van der Waals surface area contributed by atoms with Crippen molar-refractivity contribution in [3.63, 3.8) is 0 Å². The quantitative estimate of drug-likeness (QED) is 0.766. The van der Waals surface area contributed by atoms with Crippen molar-refractivity contribution in [1.29, 1.82) is 0 Å². The van der Waals surface area contributed by atoms with E-state index in [1.807, 2.05) is 13.0 Å². The van der Waals surface area contributed by atoms with Crippen LogP contribution >= 0.6 is 11.6 Å². The molecule has 0 aliphatic heterocycles. The van der Waals surface area contributed by atoms with Crippen molar-refractivity contribution in [3.05, 3.63) is 46.9 Å².